The fraction of sp³-hybridized carbons (Fsp3) is 0.444. The maximum Gasteiger partial charge on any atom is 0.131 e. The maximum absolute atomic E-state index is 4.38. The SMILES string of the molecule is c1nc2c(c3c1CCN3)CCN2. The molecule has 0 aliphatic carbocycles. The van der Waals surface area contributed by atoms with Crippen LogP contribution in [-0.4, -0.2) is 18.1 Å². The Morgan fingerprint density at radius 3 is 3.08 bits per heavy atom. The summed E-state index contributed by atoms with van der Waals surface area (Å²) in [4.78, 5) is 4.38. The summed E-state index contributed by atoms with van der Waals surface area (Å²) in [6.45, 7) is 2.12. The number of hydrogen-bond acceptors (Lipinski definition) is 3. The normalized spacial score (nSPS) is 18.0. The predicted octanol–water partition coefficient (Wildman–Crippen LogP) is 1.02. The molecule has 1 aromatic heterocycles. The molecule has 0 fully saturated rings. The largest absolute Gasteiger partial charge is 0.384 e. The van der Waals surface area contributed by atoms with Crippen molar-refractivity contribution in [1.82, 2.24) is 4.98 Å². The Labute approximate surface area is 71.2 Å². The molecule has 0 bridgehead atoms. The Morgan fingerprint density at radius 2 is 2.08 bits per heavy atom. The van der Waals surface area contributed by atoms with E-state index in [1.54, 1.807) is 0 Å². The third-order valence-corrected chi connectivity index (χ3v) is 2.62. The molecule has 3 heterocycles. The summed E-state index contributed by atoms with van der Waals surface area (Å²) in [5.74, 6) is 1.09. The zero-order chi connectivity index (χ0) is 7.97. The van der Waals surface area contributed by atoms with Crippen LogP contribution < -0.4 is 10.6 Å². The molecule has 0 unspecified atom stereocenters. The number of rotatable bonds is 0. The zero-order valence-corrected chi connectivity index (χ0v) is 6.85. The van der Waals surface area contributed by atoms with Crippen molar-refractivity contribution in [3.8, 4) is 0 Å². The molecular weight excluding hydrogens is 150 g/mol. The zero-order valence-electron chi connectivity index (χ0n) is 6.85. The van der Waals surface area contributed by atoms with Crippen molar-refractivity contribution in [2.24, 2.45) is 0 Å². The van der Waals surface area contributed by atoms with Gasteiger partial charge in [0.05, 0.1) is 0 Å². The van der Waals surface area contributed by atoms with Crippen LogP contribution in [0.3, 0.4) is 0 Å². The maximum atomic E-state index is 4.38. The molecule has 0 atom stereocenters. The molecule has 12 heavy (non-hydrogen) atoms. The van der Waals surface area contributed by atoms with Gasteiger partial charge in [0.25, 0.3) is 0 Å². The van der Waals surface area contributed by atoms with Crippen molar-refractivity contribution in [2.45, 2.75) is 12.8 Å². The number of nitrogens with zero attached hydrogens (tertiary/aromatic N) is 1. The molecule has 0 saturated carbocycles. The first-order valence-corrected chi connectivity index (χ1v) is 4.43. The molecule has 0 aromatic carbocycles. The second-order valence-corrected chi connectivity index (χ2v) is 3.34. The number of nitrogens with one attached hydrogen (secondary N) is 2. The highest BCUT2D eigenvalue weighted by Gasteiger charge is 2.21. The van der Waals surface area contributed by atoms with Crippen molar-refractivity contribution >= 4 is 11.5 Å². The van der Waals surface area contributed by atoms with Crippen LogP contribution in [0, 0.1) is 0 Å². The van der Waals surface area contributed by atoms with Crippen molar-refractivity contribution in [1.29, 1.82) is 0 Å². The Morgan fingerprint density at radius 1 is 1.17 bits per heavy atom. The van der Waals surface area contributed by atoms with E-state index in [1.807, 2.05) is 6.20 Å². The van der Waals surface area contributed by atoms with Gasteiger partial charge in [-0.3, -0.25) is 0 Å². The molecule has 0 amide bonds. The van der Waals surface area contributed by atoms with E-state index in [1.165, 1.54) is 16.8 Å². The highest BCUT2D eigenvalue weighted by molar-refractivity contribution is 5.70. The van der Waals surface area contributed by atoms with E-state index in [0.29, 0.717) is 0 Å². The van der Waals surface area contributed by atoms with Gasteiger partial charge in [-0.15, -0.1) is 0 Å². The number of hydrogen-bond donors (Lipinski definition) is 2. The topological polar surface area (TPSA) is 37.0 Å². The minimum atomic E-state index is 1.04. The van der Waals surface area contributed by atoms with Gasteiger partial charge in [-0.2, -0.15) is 0 Å². The summed E-state index contributed by atoms with van der Waals surface area (Å²) in [7, 11) is 0. The number of aromatic nitrogens is 1. The van der Waals surface area contributed by atoms with Crippen molar-refractivity contribution in [3.63, 3.8) is 0 Å². The van der Waals surface area contributed by atoms with Gasteiger partial charge in [0.2, 0.25) is 0 Å². The first-order valence-electron chi connectivity index (χ1n) is 4.43. The number of pyridine rings is 1. The van der Waals surface area contributed by atoms with E-state index < -0.39 is 0 Å². The molecule has 3 rings (SSSR count). The molecule has 3 nitrogen and oxygen atoms in total. The fourth-order valence-corrected chi connectivity index (χ4v) is 2.03. The van der Waals surface area contributed by atoms with E-state index in [4.69, 9.17) is 0 Å². The van der Waals surface area contributed by atoms with Gasteiger partial charge < -0.3 is 10.6 Å². The average Bonchev–Trinajstić information content (AvgIpc) is 2.71. The molecular formula is C9H11N3. The van der Waals surface area contributed by atoms with Crippen LogP contribution in [0.5, 0.6) is 0 Å². The molecule has 2 aliphatic rings. The summed E-state index contributed by atoms with van der Waals surface area (Å²) >= 11 is 0. The summed E-state index contributed by atoms with van der Waals surface area (Å²) < 4.78 is 0. The minimum absolute atomic E-state index is 1.04. The summed E-state index contributed by atoms with van der Waals surface area (Å²) in [5, 5.41) is 6.70. The van der Waals surface area contributed by atoms with Gasteiger partial charge in [0.15, 0.2) is 0 Å². The quantitative estimate of drug-likeness (QED) is 0.596. The molecule has 0 spiro atoms. The highest BCUT2D eigenvalue weighted by atomic mass is 15.0. The first-order chi connectivity index (χ1) is 5.95. The van der Waals surface area contributed by atoms with Gasteiger partial charge in [-0.25, -0.2) is 4.98 Å². The van der Waals surface area contributed by atoms with Crippen molar-refractivity contribution in [3.05, 3.63) is 17.3 Å². The second kappa shape index (κ2) is 2.12. The molecule has 2 N–H and O–H groups in total. The number of anilines is 2. The van der Waals surface area contributed by atoms with Crippen molar-refractivity contribution in [2.75, 3.05) is 23.7 Å². The third-order valence-electron chi connectivity index (χ3n) is 2.62. The van der Waals surface area contributed by atoms with E-state index in [9.17, 15) is 0 Å². The summed E-state index contributed by atoms with van der Waals surface area (Å²) in [6.07, 6.45) is 4.25. The molecule has 1 aromatic rings. The van der Waals surface area contributed by atoms with E-state index in [0.717, 1.165) is 31.7 Å². The summed E-state index contributed by atoms with van der Waals surface area (Å²) in [6, 6.07) is 0. The molecule has 3 heteroatoms. The van der Waals surface area contributed by atoms with E-state index >= 15 is 0 Å². The van der Waals surface area contributed by atoms with Crippen LogP contribution in [0.4, 0.5) is 11.5 Å². The molecule has 2 aliphatic heterocycles. The van der Waals surface area contributed by atoms with Gasteiger partial charge in [-0.1, -0.05) is 0 Å². The average molecular weight is 161 g/mol. The Hall–Kier alpha value is -1.25. The van der Waals surface area contributed by atoms with Crippen LogP contribution in [0.2, 0.25) is 0 Å². The highest BCUT2D eigenvalue weighted by Crippen LogP contribution is 2.33. The lowest BCUT2D eigenvalue weighted by molar-refractivity contribution is 1.09. The van der Waals surface area contributed by atoms with E-state index in [-0.39, 0.29) is 0 Å². The summed E-state index contributed by atoms with van der Waals surface area (Å²) in [5.41, 5.74) is 4.13. The van der Waals surface area contributed by atoms with Gasteiger partial charge >= 0.3 is 0 Å². The van der Waals surface area contributed by atoms with Crippen LogP contribution in [-0.2, 0) is 12.8 Å². The lowest BCUT2D eigenvalue weighted by atomic mass is 10.1. The smallest absolute Gasteiger partial charge is 0.131 e. The van der Waals surface area contributed by atoms with Crippen molar-refractivity contribution < 1.29 is 0 Å². The van der Waals surface area contributed by atoms with Crippen LogP contribution in [0.15, 0.2) is 6.20 Å². The monoisotopic (exact) mass is 161 g/mol. The Kier molecular flexibility index (Phi) is 1.11. The minimum Gasteiger partial charge on any atom is -0.384 e. The van der Waals surface area contributed by atoms with Crippen LogP contribution >= 0.6 is 0 Å². The van der Waals surface area contributed by atoms with Gasteiger partial charge in [-0.05, 0) is 18.4 Å². The standard InChI is InChI=1S/C9H11N3/c1-3-10-8-6(1)5-12-9-7(8)2-4-11-9/h5,10H,1-4H2,(H,11,12). The Balaban J connectivity index is 2.24. The van der Waals surface area contributed by atoms with Crippen LogP contribution in [0.25, 0.3) is 0 Å². The fourth-order valence-electron chi connectivity index (χ4n) is 2.03. The molecule has 62 valence electrons. The number of fused-ring (bicyclic) bond motifs is 3. The third kappa shape index (κ3) is 0.682. The van der Waals surface area contributed by atoms with Gasteiger partial charge in [0.1, 0.15) is 5.82 Å². The first kappa shape index (κ1) is 6.29. The molecule has 0 saturated heterocycles. The van der Waals surface area contributed by atoms with E-state index in [2.05, 4.69) is 15.6 Å². The lowest BCUT2D eigenvalue weighted by Crippen LogP contribution is -1.94. The second-order valence-electron chi connectivity index (χ2n) is 3.34. The Bertz CT molecular complexity index is 300. The predicted molar refractivity (Wildman–Crippen MR) is 48.6 cm³/mol. The van der Waals surface area contributed by atoms with Gasteiger partial charge in [0, 0.05) is 30.5 Å². The van der Waals surface area contributed by atoms with Crippen LogP contribution in [0.1, 0.15) is 11.1 Å². The molecule has 0 radical (unpaired) electrons. The lowest BCUT2D eigenvalue weighted by Gasteiger charge is -2.04.